The van der Waals surface area contributed by atoms with E-state index in [1.807, 2.05) is 6.07 Å². The number of aromatic nitrogens is 1. The molecule has 5 heteroatoms. The van der Waals surface area contributed by atoms with Gasteiger partial charge < -0.3 is 15.7 Å². The summed E-state index contributed by atoms with van der Waals surface area (Å²) in [4.78, 5) is 0. The van der Waals surface area contributed by atoms with Crippen molar-refractivity contribution in [2.45, 2.75) is 6.54 Å². The Morgan fingerprint density at radius 1 is 0.889 bits per heavy atom. The Morgan fingerprint density at radius 2 is 1.70 bits per heavy atom. The number of hydrogen-bond acceptors (Lipinski definition) is 5. The van der Waals surface area contributed by atoms with Gasteiger partial charge in [-0.05, 0) is 40.9 Å². The van der Waals surface area contributed by atoms with Gasteiger partial charge in [0.2, 0.25) is 0 Å². The summed E-state index contributed by atoms with van der Waals surface area (Å²) in [5, 5.41) is 16.6. The van der Waals surface area contributed by atoms with Crippen molar-refractivity contribution >= 4 is 33.1 Å². The second-order valence-electron chi connectivity index (χ2n) is 6.30. The summed E-state index contributed by atoms with van der Waals surface area (Å²) in [6.45, 7) is 1.51. The lowest BCUT2D eigenvalue weighted by atomic mass is 10.0. The van der Waals surface area contributed by atoms with E-state index in [1.165, 1.54) is 32.9 Å². The molecule has 27 heavy (non-hydrogen) atoms. The molecule has 4 rings (SSSR count). The van der Waals surface area contributed by atoms with Crippen LogP contribution in [0, 0.1) is 0 Å². The van der Waals surface area contributed by atoms with Crippen LogP contribution >= 0.6 is 11.5 Å². The van der Waals surface area contributed by atoms with Gasteiger partial charge >= 0.3 is 0 Å². The molecular weight excluding hydrogens is 354 g/mol. The molecule has 4 aromatic rings. The first-order chi connectivity index (χ1) is 13.3. The van der Waals surface area contributed by atoms with Gasteiger partial charge in [0.05, 0.1) is 11.3 Å². The van der Waals surface area contributed by atoms with Crippen molar-refractivity contribution in [3.63, 3.8) is 0 Å². The lowest BCUT2D eigenvalue weighted by molar-refractivity contribution is 0.292. The van der Waals surface area contributed by atoms with Crippen molar-refractivity contribution in [2.24, 2.45) is 0 Å². The van der Waals surface area contributed by atoms with Gasteiger partial charge in [0.25, 0.3) is 0 Å². The van der Waals surface area contributed by atoms with Crippen LogP contribution in [-0.4, -0.2) is 22.6 Å². The van der Waals surface area contributed by atoms with Crippen LogP contribution in [-0.2, 0) is 6.54 Å². The van der Waals surface area contributed by atoms with E-state index in [2.05, 4.69) is 81.7 Å². The number of nitrogens with zero attached hydrogens (tertiary/aromatic N) is 1. The highest BCUT2D eigenvalue weighted by Gasteiger charge is 2.11. The van der Waals surface area contributed by atoms with Gasteiger partial charge in [-0.1, -0.05) is 54.6 Å². The molecule has 0 aliphatic carbocycles. The second-order valence-corrected chi connectivity index (χ2v) is 7.08. The van der Waals surface area contributed by atoms with Crippen LogP contribution in [0.1, 0.15) is 5.56 Å². The summed E-state index contributed by atoms with van der Waals surface area (Å²) in [6, 6.07) is 25.0. The van der Waals surface area contributed by atoms with Crippen molar-refractivity contribution in [2.75, 3.05) is 18.5 Å². The predicted octanol–water partition coefficient (Wildman–Crippen LogP) is 4.79. The molecule has 0 fully saturated rings. The molecule has 3 N–H and O–H groups in total. The monoisotopic (exact) mass is 375 g/mol. The number of aliphatic hydroxyl groups is 1. The molecule has 0 atom stereocenters. The van der Waals surface area contributed by atoms with Gasteiger partial charge in [0.1, 0.15) is 0 Å². The van der Waals surface area contributed by atoms with Gasteiger partial charge in [-0.2, -0.15) is 4.37 Å². The average Bonchev–Trinajstić information content (AvgIpc) is 3.13. The van der Waals surface area contributed by atoms with Crippen molar-refractivity contribution < 1.29 is 5.11 Å². The van der Waals surface area contributed by atoms with Crippen LogP contribution in [0.5, 0.6) is 0 Å². The molecule has 0 amide bonds. The molecule has 0 bridgehead atoms. The molecule has 3 aromatic carbocycles. The third-order valence-electron chi connectivity index (χ3n) is 4.42. The van der Waals surface area contributed by atoms with E-state index in [4.69, 9.17) is 5.11 Å². The lowest BCUT2D eigenvalue weighted by Crippen LogP contribution is -2.17. The number of nitrogens with one attached hydrogen (secondary N) is 2. The number of benzene rings is 3. The van der Waals surface area contributed by atoms with Crippen LogP contribution in [0.15, 0.2) is 72.8 Å². The maximum absolute atomic E-state index is 8.83. The number of fused-ring (bicyclic) bond motifs is 1. The normalized spacial score (nSPS) is 11.0. The smallest absolute Gasteiger partial charge is 0.151 e. The van der Waals surface area contributed by atoms with Crippen LogP contribution < -0.4 is 10.6 Å². The van der Waals surface area contributed by atoms with Gasteiger partial charge in [-0.25, -0.2) is 0 Å². The molecular formula is C22H21N3OS. The minimum absolute atomic E-state index is 0.154. The minimum atomic E-state index is 0.154. The molecule has 1 aromatic heterocycles. The highest BCUT2D eigenvalue weighted by molar-refractivity contribution is 7.14. The zero-order valence-electron chi connectivity index (χ0n) is 14.9. The summed E-state index contributed by atoms with van der Waals surface area (Å²) in [7, 11) is 0. The SMILES string of the molecule is OCCNCc1ccc(Nc2nsc3c(-c4ccccc4)cccc23)cc1. The molecule has 0 radical (unpaired) electrons. The summed E-state index contributed by atoms with van der Waals surface area (Å²) in [6.07, 6.45) is 0. The Kier molecular flexibility index (Phi) is 5.44. The highest BCUT2D eigenvalue weighted by atomic mass is 32.1. The summed E-state index contributed by atoms with van der Waals surface area (Å²) < 4.78 is 5.84. The summed E-state index contributed by atoms with van der Waals surface area (Å²) >= 11 is 1.53. The number of anilines is 2. The lowest BCUT2D eigenvalue weighted by Gasteiger charge is -2.07. The molecule has 4 nitrogen and oxygen atoms in total. The first kappa shape index (κ1) is 17.7. The molecule has 0 aliphatic rings. The topological polar surface area (TPSA) is 57.2 Å². The van der Waals surface area contributed by atoms with Crippen LogP contribution in [0.2, 0.25) is 0 Å². The first-order valence-electron chi connectivity index (χ1n) is 8.96. The number of rotatable bonds is 7. The highest BCUT2D eigenvalue weighted by Crippen LogP contribution is 2.36. The van der Waals surface area contributed by atoms with E-state index in [0.717, 1.165) is 23.4 Å². The summed E-state index contributed by atoms with van der Waals surface area (Å²) in [5.41, 5.74) is 4.61. The van der Waals surface area contributed by atoms with Crippen LogP contribution in [0.3, 0.4) is 0 Å². The minimum Gasteiger partial charge on any atom is -0.395 e. The van der Waals surface area contributed by atoms with Crippen LogP contribution in [0.25, 0.3) is 21.2 Å². The first-order valence-corrected chi connectivity index (χ1v) is 9.74. The number of aliphatic hydroxyl groups excluding tert-OH is 1. The van der Waals surface area contributed by atoms with Crippen molar-refractivity contribution in [3.8, 4) is 11.1 Å². The second kappa shape index (κ2) is 8.31. The van der Waals surface area contributed by atoms with Crippen molar-refractivity contribution in [1.82, 2.24) is 9.69 Å². The zero-order valence-corrected chi connectivity index (χ0v) is 15.7. The van der Waals surface area contributed by atoms with Gasteiger partial charge in [0, 0.05) is 29.7 Å². The molecule has 0 spiro atoms. The van der Waals surface area contributed by atoms with E-state index < -0.39 is 0 Å². The Hall–Kier alpha value is -2.73. The van der Waals surface area contributed by atoms with E-state index in [0.29, 0.717) is 6.54 Å². The predicted molar refractivity (Wildman–Crippen MR) is 114 cm³/mol. The fourth-order valence-electron chi connectivity index (χ4n) is 3.05. The average molecular weight is 375 g/mol. The quantitative estimate of drug-likeness (QED) is 0.407. The Morgan fingerprint density at radius 3 is 2.48 bits per heavy atom. The third-order valence-corrected chi connectivity index (χ3v) is 5.31. The van der Waals surface area contributed by atoms with E-state index in [-0.39, 0.29) is 6.61 Å². The van der Waals surface area contributed by atoms with Crippen molar-refractivity contribution in [1.29, 1.82) is 0 Å². The molecule has 0 saturated heterocycles. The van der Waals surface area contributed by atoms with Gasteiger partial charge in [-0.3, -0.25) is 0 Å². The Bertz CT molecular complexity index is 1010. The molecule has 1 heterocycles. The molecule has 0 aliphatic heterocycles. The fraction of sp³-hybridized carbons (Fsp3) is 0.136. The molecule has 0 saturated carbocycles. The van der Waals surface area contributed by atoms with Gasteiger partial charge in [0.15, 0.2) is 5.82 Å². The number of hydrogen-bond donors (Lipinski definition) is 3. The Balaban J connectivity index is 1.56. The van der Waals surface area contributed by atoms with Crippen LogP contribution in [0.4, 0.5) is 11.5 Å². The maximum Gasteiger partial charge on any atom is 0.151 e. The summed E-state index contributed by atoms with van der Waals surface area (Å²) in [5.74, 6) is 0.888. The zero-order chi connectivity index (χ0) is 18.5. The Labute approximate surface area is 162 Å². The molecule has 136 valence electrons. The molecule has 0 unspecified atom stereocenters. The van der Waals surface area contributed by atoms with E-state index >= 15 is 0 Å². The third kappa shape index (κ3) is 4.01. The van der Waals surface area contributed by atoms with E-state index in [1.54, 1.807) is 0 Å². The standard InChI is InChI=1S/C22H21N3OS/c26-14-13-23-15-16-9-11-18(12-10-16)24-22-20-8-4-7-19(21(20)27-25-22)17-5-2-1-3-6-17/h1-12,23,26H,13-15H2,(H,24,25). The van der Waals surface area contributed by atoms with E-state index in [9.17, 15) is 0 Å². The van der Waals surface area contributed by atoms with Gasteiger partial charge in [-0.15, -0.1) is 0 Å². The largest absolute Gasteiger partial charge is 0.395 e. The maximum atomic E-state index is 8.83. The fourth-order valence-corrected chi connectivity index (χ4v) is 3.93. The van der Waals surface area contributed by atoms with Crippen molar-refractivity contribution in [3.05, 3.63) is 78.4 Å².